The Morgan fingerprint density at radius 2 is 1.85 bits per heavy atom. The Labute approximate surface area is 230 Å². The molecule has 1 aliphatic rings. The number of fused-ring (bicyclic) bond motifs is 2. The van der Waals surface area contributed by atoms with Gasteiger partial charge in [0.05, 0.1) is 22.6 Å². The van der Waals surface area contributed by atoms with Crippen molar-refractivity contribution in [3.8, 4) is 39.5 Å². The lowest BCUT2D eigenvalue weighted by Crippen LogP contribution is -2.25. The summed E-state index contributed by atoms with van der Waals surface area (Å²) in [6.45, 7) is 3.60. The minimum atomic E-state index is -0.326. The third kappa shape index (κ3) is 4.65. The molecule has 5 heterocycles. The summed E-state index contributed by atoms with van der Waals surface area (Å²) in [5.74, 6) is 0.209. The Morgan fingerprint density at radius 1 is 0.950 bits per heavy atom. The molecule has 0 aliphatic carbocycles. The van der Waals surface area contributed by atoms with Gasteiger partial charge in [0.15, 0.2) is 0 Å². The maximum absolute atomic E-state index is 14.7. The first-order valence-electron chi connectivity index (χ1n) is 13.4. The first-order chi connectivity index (χ1) is 19.6. The summed E-state index contributed by atoms with van der Waals surface area (Å²) < 4.78 is 20.7. The largest absolute Gasteiger partial charge is 0.492 e. The molecule has 9 heteroatoms. The van der Waals surface area contributed by atoms with Crippen molar-refractivity contribution >= 4 is 27.6 Å². The van der Waals surface area contributed by atoms with Crippen molar-refractivity contribution in [3.05, 3.63) is 78.9 Å². The summed E-state index contributed by atoms with van der Waals surface area (Å²) in [5.41, 5.74) is 13.7. The number of nitrogen functional groups attached to an aromatic ring is 1. The van der Waals surface area contributed by atoms with Crippen LogP contribution in [-0.2, 0) is 0 Å². The monoisotopic (exact) mass is 533 g/mol. The number of nitrogens with two attached hydrogens (primary N) is 1. The maximum Gasteiger partial charge on any atom is 0.135 e. The van der Waals surface area contributed by atoms with E-state index in [1.807, 2.05) is 48.5 Å². The highest BCUT2D eigenvalue weighted by Gasteiger charge is 2.17. The normalized spacial score (nSPS) is 13.9. The number of aromatic amines is 2. The second-order valence-corrected chi connectivity index (χ2v) is 10.2. The molecule has 1 saturated heterocycles. The zero-order chi connectivity index (χ0) is 27.1. The lowest BCUT2D eigenvalue weighted by molar-refractivity contribution is 0.237. The lowest BCUT2D eigenvalue weighted by Gasteiger charge is -2.15. The van der Waals surface area contributed by atoms with Crippen molar-refractivity contribution in [1.29, 1.82) is 0 Å². The average molecular weight is 534 g/mol. The summed E-state index contributed by atoms with van der Waals surface area (Å²) in [7, 11) is 0. The molecule has 0 unspecified atom stereocenters. The molecule has 0 saturated carbocycles. The number of aromatic nitrogens is 5. The highest BCUT2D eigenvalue weighted by molar-refractivity contribution is 6.00. The molecule has 2 aromatic carbocycles. The summed E-state index contributed by atoms with van der Waals surface area (Å²) in [6.07, 6.45) is 5.81. The minimum absolute atomic E-state index is 0.326. The second-order valence-electron chi connectivity index (χ2n) is 10.2. The molecular weight excluding hydrogens is 505 g/mol. The fourth-order valence-corrected chi connectivity index (χ4v) is 5.48. The van der Waals surface area contributed by atoms with Crippen molar-refractivity contribution < 1.29 is 9.13 Å². The van der Waals surface area contributed by atoms with Gasteiger partial charge < -0.3 is 15.5 Å². The number of benzene rings is 2. The number of rotatable bonds is 7. The van der Waals surface area contributed by atoms with Gasteiger partial charge in [-0.05, 0) is 79.5 Å². The van der Waals surface area contributed by atoms with Crippen molar-refractivity contribution in [2.45, 2.75) is 12.8 Å². The van der Waals surface area contributed by atoms with Gasteiger partial charge >= 0.3 is 0 Å². The van der Waals surface area contributed by atoms with E-state index in [2.05, 4.69) is 25.1 Å². The van der Waals surface area contributed by atoms with E-state index in [4.69, 9.17) is 15.5 Å². The number of hydrogen-bond acceptors (Lipinski definition) is 6. The summed E-state index contributed by atoms with van der Waals surface area (Å²) >= 11 is 0. The molecule has 4 N–H and O–H groups in total. The SMILES string of the molecule is Nc1cncc(-c2ccc3[nH]nc(-c4cc5c(-c6cc(F)cc(OCCN7CCCC7)c6)cccc5[nH]4)c3n2)c1. The zero-order valence-electron chi connectivity index (χ0n) is 21.8. The van der Waals surface area contributed by atoms with Gasteiger partial charge in [-0.1, -0.05) is 12.1 Å². The first-order valence-corrected chi connectivity index (χ1v) is 13.4. The molecule has 6 aromatic rings. The van der Waals surface area contributed by atoms with Crippen molar-refractivity contribution in [2.75, 3.05) is 32.0 Å². The lowest BCUT2D eigenvalue weighted by atomic mass is 10.0. The zero-order valence-corrected chi connectivity index (χ0v) is 21.8. The van der Waals surface area contributed by atoms with E-state index in [0.29, 0.717) is 23.7 Å². The van der Waals surface area contributed by atoms with Gasteiger partial charge in [-0.15, -0.1) is 0 Å². The molecule has 40 heavy (non-hydrogen) atoms. The van der Waals surface area contributed by atoms with Gasteiger partial charge in [-0.25, -0.2) is 9.37 Å². The predicted molar refractivity (Wildman–Crippen MR) is 155 cm³/mol. The number of H-pyrrole nitrogens is 2. The number of pyridine rings is 2. The topological polar surface area (TPSA) is 109 Å². The number of hydrogen-bond donors (Lipinski definition) is 3. The first kappa shape index (κ1) is 24.3. The summed E-state index contributed by atoms with van der Waals surface area (Å²) in [4.78, 5) is 14.9. The molecule has 0 spiro atoms. The molecular formula is C31H28FN7O. The van der Waals surface area contributed by atoms with Gasteiger partial charge in [0, 0.05) is 41.5 Å². The Hall–Kier alpha value is -4.76. The van der Waals surface area contributed by atoms with Crippen LogP contribution in [0.3, 0.4) is 0 Å². The molecule has 1 aliphatic heterocycles. The molecule has 7 rings (SSSR count). The van der Waals surface area contributed by atoms with E-state index >= 15 is 0 Å². The average Bonchev–Trinajstić information content (AvgIpc) is 3.72. The highest BCUT2D eigenvalue weighted by Crippen LogP contribution is 2.35. The van der Waals surface area contributed by atoms with Gasteiger partial charge in [0.25, 0.3) is 0 Å². The van der Waals surface area contributed by atoms with E-state index in [9.17, 15) is 4.39 Å². The molecule has 0 atom stereocenters. The Kier molecular flexibility index (Phi) is 6.13. The van der Waals surface area contributed by atoms with Crippen molar-refractivity contribution in [2.24, 2.45) is 0 Å². The van der Waals surface area contributed by atoms with Gasteiger partial charge in [0.1, 0.15) is 29.4 Å². The molecule has 0 amide bonds. The van der Waals surface area contributed by atoms with Crippen LogP contribution in [0.5, 0.6) is 5.75 Å². The van der Waals surface area contributed by atoms with Crippen LogP contribution in [0.25, 0.3) is 55.7 Å². The van der Waals surface area contributed by atoms with Gasteiger partial charge in [-0.2, -0.15) is 5.10 Å². The van der Waals surface area contributed by atoms with E-state index in [-0.39, 0.29) is 5.82 Å². The fraction of sp³-hybridized carbons (Fsp3) is 0.194. The third-order valence-electron chi connectivity index (χ3n) is 7.44. The minimum Gasteiger partial charge on any atom is -0.492 e. The standard InChI is InChI=1S/C31H28FN7O/c32-21-12-19(14-23(15-21)40-11-10-39-8-1-2-9-39)24-4-3-5-27-25(24)16-29(35-27)31-30-28(37-38-31)7-6-26(36-30)20-13-22(33)18-34-17-20/h3-7,12-18,35H,1-2,8-11,33H2,(H,37,38). The van der Waals surface area contributed by atoms with Crippen LogP contribution >= 0.6 is 0 Å². The van der Waals surface area contributed by atoms with Crippen LogP contribution in [0.15, 0.2) is 73.1 Å². The molecule has 0 radical (unpaired) electrons. The van der Waals surface area contributed by atoms with Crippen LogP contribution < -0.4 is 10.5 Å². The van der Waals surface area contributed by atoms with E-state index in [0.717, 1.165) is 69.6 Å². The number of likely N-dealkylation sites (tertiary alicyclic amines) is 1. The van der Waals surface area contributed by atoms with Crippen LogP contribution in [0.4, 0.5) is 10.1 Å². The summed E-state index contributed by atoms with van der Waals surface area (Å²) in [5, 5.41) is 8.60. The molecule has 200 valence electrons. The van der Waals surface area contributed by atoms with E-state index in [1.54, 1.807) is 18.5 Å². The fourth-order valence-electron chi connectivity index (χ4n) is 5.48. The number of nitrogens with zero attached hydrogens (tertiary/aromatic N) is 4. The Bertz CT molecular complexity index is 1840. The molecule has 1 fully saturated rings. The van der Waals surface area contributed by atoms with Crippen molar-refractivity contribution in [3.63, 3.8) is 0 Å². The van der Waals surface area contributed by atoms with Crippen LogP contribution in [-0.4, -0.2) is 56.3 Å². The van der Waals surface area contributed by atoms with Gasteiger partial charge in [-0.3, -0.25) is 15.0 Å². The second kappa shape index (κ2) is 10.1. The Morgan fingerprint density at radius 3 is 2.73 bits per heavy atom. The number of nitrogens with one attached hydrogen (secondary N) is 2. The van der Waals surface area contributed by atoms with Gasteiger partial charge in [0.2, 0.25) is 0 Å². The number of anilines is 1. The smallest absolute Gasteiger partial charge is 0.135 e. The van der Waals surface area contributed by atoms with Crippen LogP contribution in [0.1, 0.15) is 12.8 Å². The van der Waals surface area contributed by atoms with E-state index < -0.39 is 0 Å². The summed E-state index contributed by atoms with van der Waals surface area (Å²) in [6, 6.07) is 18.6. The third-order valence-corrected chi connectivity index (χ3v) is 7.44. The number of halogens is 1. The van der Waals surface area contributed by atoms with Crippen molar-refractivity contribution in [1.82, 2.24) is 30.0 Å². The molecule has 8 nitrogen and oxygen atoms in total. The molecule has 4 aromatic heterocycles. The quantitative estimate of drug-likeness (QED) is 0.231. The number of ether oxygens (including phenoxy) is 1. The maximum atomic E-state index is 14.7. The van der Waals surface area contributed by atoms with Crippen LogP contribution in [0.2, 0.25) is 0 Å². The van der Waals surface area contributed by atoms with E-state index in [1.165, 1.54) is 18.9 Å². The molecule has 0 bridgehead atoms. The highest BCUT2D eigenvalue weighted by atomic mass is 19.1. The predicted octanol–water partition coefficient (Wildman–Crippen LogP) is 6.03. The van der Waals surface area contributed by atoms with Crippen LogP contribution in [0, 0.1) is 5.82 Å². The Balaban J connectivity index is 1.23.